The van der Waals surface area contributed by atoms with Crippen LogP contribution >= 0.6 is 19.0 Å². The van der Waals surface area contributed by atoms with E-state index in [2.05, 4.69) is 0 Å². The minimum Gasteiger partial charge on any atom is -0.480 e. The molecule has 0 heterocycles. The molecule has 3 atom stereocenters. The molecule has 0 aliphatic rings. The largest absolute Gasteiger partial charge is 0.480 e. The van der Waals surface area contributed by atoms with Gasteiger partial charge in [-0.25, -0.2) is 0 Å². The third kappa shape index (κ3) is 6.07. The molecule has 7 nitrogen and oxygen atoms in total. The summed E-state index contributed by atoms with van der Waals surface area (Å²) in [6, 6.07) is -1.24. The molecule has 0 aromatic rings. The smallest absolute Gasteiger partial charge is 0.322 e. The lowest BCUT2D eigenvalue weighted by Gasteiger charge is -2.14. The van der Waals surface area contributed by atoms with Crippen molar-refractivity contribution in [3.05, 3.63) is 0 Å². The molecule has 0 bridgehead atoms. The molecular weight excluding hydrogens is 261 g/mol. The lowest BCUT2D eigenvalue weighted by atomic mass is 10.2. The maximum Gasteiger partial charge on any atom is 0.322 e. The lowest BCUT2D eigenvalue weighted by molar-refractivity contribution is -0.138. The predicted molar refractivity (Wildman–Crippen MR) is 57.1 cm³/mol. The molecule has 5 N–H and O–H groups in total. The molecule has 0 aromatic carbocycles. The molecule has 94 valence electrons. The van der Waals surface area contributed by atoms with Crippen LogP contribution in [0.1, 0.15) is 6.42 Å². The van der Waals surface area contributed by atoms with Gasteiger partial charge in [0.05, 0.1) is 6.16 Å². The van der Waals surface area contributed by atoms with Gasteiger partial charge in [0.25, 0.3) is 0 Å². The topological polar surface area (TPSA) is 138 Å². The van der Waals surface area contributed by atoms with Crippen molar-refractivity contribution >= 4 is 30.9 Å². The van der Waals surface area contributed by atoms with Crippen molar-refractivity contribution in [2.45, 2.75) is 17.8 Å². The molecule has 0 rings (SSSR count). The zero-order valence-electron chi connectivity index (χ0n) is 8.24. The Labute approximate surface area is 96.7 Å². The fraction of sp³-hybridized carbons (Fsp3) is 0.714. The molecule has 0 aromatic heterocycles. The molecule has 0 saturated carbocycles. The SMILES string of the molecule is N[C@@H](CCP(=O)(O)CC(Cl)C(=O)O)C(=O)O. The van der Waals surface area contributed by atoms with Crippen molar-refractivity contribution in [1.82, 2.24) is 0 Å². The molecule has 9 heteroatoms. The fourth-order valence-corrected chi connectivity index (χ4v) is 3.05. The highest BCUT2D eigenvalue weighted by molar-refractivity contribution is 7.58. The second kappa shape index (κ2) is 6.20. The van der Waals surface area contributed by atoms with Gasteiger partial charge in [0.15, 0.2) is 0 Å². The van der Waals surface area contributed by atoms with Gasteiger partial charge < -0.3 is 20.8 Å². The van der Waals surface area contributed by atoms with Crippen LogP contribution in [0, 0.1) is 0 Å². The van der Waals surface area contributed by atoms with Crippen LogP contribution in [0.2, 0.25) is 0 Å². The van der Waals surface area contributed by atoms with E-state index in [4.69, 9.17) is 27.5 Å². The summed E-state index contributed by atoms with van der Waals surface area (Å²) in [5.41, 5.74) is 5.13. The van der Waals surface area contributed by atoms with Crippen molar-refractivity contribution in [3.63, 3.8) is 0 Å². The number of carboxylic acid groups (broad SMARTS) is 2. The summed E-state index contributed by atoms with van der Waals surface area (Å²) in [5, 5.41) is 15.4. The van der Waals surface area contributed by atoms with E-state index in [1.54, 1.807) is 0 Å². The zero-order valence-corrected chi connectivity index (χ0v) is 9.90. The molecule has 16 heavy (non-hydrogen) atoms. The van der Waals surface area contributed by atoms with Gasteiger partial charge in [0.2, 0.25) is 7.37 Å². The van der Waals surface area contributed by atoms with E-state index in [9.17, 15) is 19.0 Å². The highest BCUT2D eigenvalue weighted by atomic mass is 35.5. The first kappa shape index (κ1) is 15.4. The average molecular weight is 274 g/mol. The van der Waals surface area contributed by atoms with Crippen molar-refractivity contribution in [3.8, 4) is 0 Å². The third-order valence-corrected chi connectivity index (χ3v) is 4.27. The van der Waals surface area contributed by atoms with Gasteiger partial charge in [-0.3, -0.25) is 14.2 Å². The first-order chi connectivity index (χ1) is 7.15. The number of aliphatic carboxylic acids is 2. The molecular formula is C7H13ClNO6P. The number of hydrogen-bond acceptors (Lipinski definition) is 4. The molecule has 0 saturated heterocycles. The predicted octanol–water partition coefficient (Wildman–Crippen LogP) is -0.249. The maximum absolute atomic E-state index is 11.4. The Bertz CT molecular complexity index is 322. The number of alkyl halides is 1. The summed E-state index contributed by atoms with van der Waals surface area (Å²) in [6.45, 7) is 0. The van der Waals surface area contributed by atoms with Gasteiger partial charge in [-0.2, -0.15) is 0 Å². The molecule has 0 spiro atoms. The minimum atomic E-state index is -3.75. The van der Waals surface area contributed by atoms with E-state index in [-0.39, 0.29) is 12.6 Å². The Hall–Kier alpha value is -0.620. The summed E-state index contributed by atoms with van der Waals surface area (Å²) in [4.78, 5) is 30.0. The van der Waals surface area contributed by atoms with Gasteiger partial charge in [0.1, 0.15) is 11.4 Å². The number of hydrogen-bond donors (Lipinski definition) is 4. The average Bonchev–Trinajstić information content (AvgIpc) is 2.13. The number of rotatable bonds is 7. The van der Waals surface area contributed by atoms with E-state index in [0.717, 1.165) is 0 Å². The molecule has 0 fully saturated rings. The lowest BCUT2D eigenvalue weighted by Crippen LogP contribution is -2.31. The van der Waals surface area contributed by atoms with E-state index in [0.29, 0.717) is 0 Å². The van der Waals surface area contributed by atoms with E-state index >= 15 is 0 Å². The van der Waals surface area contributed by atoms with E-state index < -0.39 is 36.9 Å². The maximum atomic E-state index is 11.4. The standard InChI is InChI=1S/C7H13ClNO6P/c8-4(6(10)11)3-16(14,15)2-1-5(9)7(12)13/h4-5H,1-3,9H2,(H,10,11)(H,12,13)(H,14,15)/t4?,5-/m0/s1. The van der Waals surface area contributed by atoms with Crippen molar-refractivity contribution in [2.75, 3.05) is 12.3 Å². The summed E-state index contributed by atoms with van der Waals surface area (Å²) in [7, 11) is -3.75. The van der Waals surface area contributed by atoms with Crippen LogP contribution in [0.5, 0.6) is 0 Å². The Morgan fingerprint density at radius 1 is 1.31 bits per heavy atom. The van der Waals surface area contributed by atoms with Crippen molar-refractivity contribution in [1.29, 1.82) is 0 Å². The van der Waals surface area contributed by atoms with Gasteiger partial charge in [-0.15, -0.1) is 11.6 Å². The Morgan fingerprint density at radius 2 is 1.81 bits per heavy atom. The van der Waals surface area contributed by atoms with Crippen LogP contribution in [0.25, 0.3) is 0 Å². The van der Waals surface area contributed by atoms with E-state index in [1.165, 1.54) is 0 Å². The molecule has 0 radical (unpaired) electrons. The first-order valence-electron chi connectivity index (χ1n) is 4.32. The molecule has 0 aliphatic heterocycles. The van der Waals surface area contributed by atoms with Crippen LogP contribution in [0.3, 0.4) is 0 Å². The quantitative estimate of drug-likeness (QED) is 0.370. The number of carboxylic acids is 2. The van der Waals surface area contributed by atoms with Crippen LogP contribution < -0.4 is 5.73 Å². The zero-order chi connectivity index (χ0) is 12.9. The van der Waals surface area contributed by atoms with Crippen LogP contribution in [0.4, 0.5) is 0 Å². The van der Waals surface area contributed by atoms with Gasteiger partial charge >= 0.3 is 11.9 Å². The van der Waals surface area contributed by atoms with Crippen molar-refractivity contribution in [2.24, 2.45) is 5.73 Å². The Kier molecular flexibility index (Phi) is 5.96. The second-order valence-corrected chi connectivity index (χ2v) is 6.32. The van der Waals surface area contributed by atoms with Gasteiger partial charge in [0, 0.05) is 6.16 Å². The van der Waals surface area contributed by atoms with Crippen molar-refractivity contribution < 1.29 is 29.3 Å². The summed E-state index contributed by atoms with van der Waals surface area (Å²) >= 11 is 5.30. The fourth-order valence-electron chi connectivity index (χ4n) is 0.884. The highest BCUT2D eigenvalue weighted by Gasteiger charge is 2.28. The molecule has 0 amide bonds. The first-order valence-corrected chi connectivity index (χ1v) is 6.78. The normalized spacial score (nSPS) is 18.4. The van der Waals surface area contributed by atoms with Crippen LogP contribution in [-0.4, -0.2) is 50.8 Å². The summed E-state index contributed by atoms with van der Waals surface area (Å²) in [5.74, 6) is -2.67. The summed E-state index contributed by atoms with van der Waals surface area (Å²) in [6.07, 6.45) is -1.17. The monoisotopic (exact) mass is 273 g/mol. The second-order valence-electron chi connectivity index (χ2n) is 3.29. The van der Waals surface area contributed by atoms with Crippen LogP contribution in [-0.2, 0) is 14.2 Å². The number of carbonyl (C=O) groups is 2. The van der Waals surface area contributed by atoms with Gasteiger partial charge in [-0.05, 0) is 6.42 Å². The minimum absolute atomic E-state index is 0.202. The Morgan fingerprint density at radius 3 is 2.19 bits per heavy atom. The third-order valence-electron chi connectivity index (χ3n) is 1.82. The number of nitrogens with two attached hydrogens (primary N) is 1. The van der Waals surface area contributed by atoms with E-state index in [1.807, 2.05) is 0 Å². The Balaban J connectivity index is 4.20. The number of halogens is 1. The van der Waals surface area contributed by atoms with Crippen LogP contribution in [0.15, 0.2) is 0 Å². The van der Waals surface area contributed by atoms with Gasteiger partial charge in [-0.1, -0.05) is 0 Å². The molecule has 2 unspecified atom stereocenters. The highest BCUT2D eigenvalue weighted by Crippen LogP contribution is 2.42. The molecule has 0 aliphatic carbocycles. The summed E-state index contributed by atoms with van der Waals surface area (Å²) < 4.78 is 11.4.